The fraction of sp³-hybridized carbons (Fsp3) is 0.900. The van der Waals surface area contributed by atoms with Crippen molar-refractivity contribution < 1.29 is 4.79 Å². The molecule has 0 aromatic rings. The minimum atomic E-state index is 0.0713. The van der Waals surface area contributed by atoms with Crippen molar-refractivity contribution in [3.8, 4) is 0 Å². The van der Waals surface area contributed by atoms with E-state index in [4.69, 9.17) is 11.5 Å². The van der Waals surface area contributed by atoms with Crippen LogP contribution in [0.15, 0.2) is 0 Å². The van der Waals surface area contributed by atoms with E-state index in [1.54, 1.807) is 0 Å². The van der Waals surface area contributed by atoms with Crippen LogP contribution >= 0.6 is 0 Å². The lowest BCUT2D eigenvalue weighted by Crippen LogP contribution is -2.40. The van der Waals surface area contributed by atoms with Crippen LogP contribution in [0.4, 0.5) is 0 Å². The van der Waals surface area contributed by atoms with Crippen LogP contribution in [0.1, 0.15) is 39.0 Å². The van der Waals surface area contributed by atoms with Gasteiger partial charge in [-0.3, -0.25) is 4.79 Å². The summed E-state index contributed by atoms with van der Waals surface area (Å²) in [7, 11) is 0. The Kier molecular flexibility index (Phi) is 8.57. The second-order valence-corrected chi connectivity index (χ2v) is 3.53. The normalized spacial score (nSPS) is 12.5. The van der Waals surface area contributed by atoms with Gasteiger partial charge in [0.2, 0.25) is 5.91 Å². The molecule has 0 radical (unpaired) electrons. The highest BCUT2D eigenvalue weighted by atomic mass is 16.1. The maximum Gasteiger partial charge on any atom is 0.220 e. The summed E-state index contributed by atoms with van der Waals surface area (Å²) in [6.07, 6.45) is 4.48. The van der Waals surface area contributed by atoms with E-state index in [-0.39, 0.29) is 11.9 Å². The molecule has 0 fully saturated rings. The SMILES string of the molecule is CCCCC(CN)NC(=O)CCCN. The number of hydrogen-bond acceptors (Lipinski definition) is 3. The first-order valence-electron chi connectivity index (χ1n) is 5.44. The second-order valence-electron chi connectivity index (χ2n) is 3.53. The molecule has 1 amide bonds. The lowest BCUT2D eigenvalue weighted by Gasteiger charge is -2.16. The molecule has 0 aliphatic carbocycles. The van der Waals surface area contributed by atoms with Crippen LogP contribution < -0.4 is 16.8 Å². The van der Waals surface area contributed by atoms with Crippen molar-refractivity contribution in [3.63, 3.8) is 0 Å². The molecule has 1 atom stereocenters. The maximum atomic E-state index is 11.3. The van der Waals surface area contributed by atoms with Crippen LogP contribution in [0.3, 0.4) is 0 Å². The van der Waals surface area contributed by atoms with Gasteiger partial charge in [-0.2, -0.15) is 0 Å². The molecule has 1 unspecified atom stereocenters. The number of unbranched alkanes of at least 4 members (excludes halogenated alkanes) is 1. The molecule has 0 aliphatic heterocycles. The van der Waals surface area contributed by atoms with Crippen LogP contribution in [0.25, 0.3) is 0 Å². The Labute approximate surface area is 86.4 Å². The zero-order valence-corrected chi connectivity index (χ0v) is 9.09. The Morgan fingerprint density at radius 1 is 1.36 bits per heavy atom. The zero-order valence-electron chi connectivity index (χ0n) is 9.09. The fourth-order valence-corrected chi connectivity index (χ4v) is 1.26. The first-order chi connectivity index (χ1) is 6.74. The fourth-order valence-electron chi connectivity index (χ4n) is 1.26. The van der Waals surface area contributed by atoms with Gasteiger partial charge in [-0.15, -0.1) is 0 Å². The van der Waals surface area contributed by atoms with Gasteiger partial charge in [0.25, 0.3) is 0 Å². The monoisotopic (exact) mass is 201 g/mol. The van der Waals surface area contributed by atoms with Crippen molar-refractivity contribution in [3.05, 3.63) is 0 Å². The minimum Gasteiger partial charge on any atom is -0.352 e. The van der Waals surface area contributed by atoms with E-state index in [9.17, 15) is 4.79 Å². The lowest BCUT2D eigenvalue weighted by molar-refractivity contribution is -0.121. The lowest BCUT2D eigenvalue weighted by atomic mass is 10.1. The smallest absolute Gasteiger partial charge is 0.220 e. The van der Waals surface area contributed by atoms with Crippen LogP contribution in [-0.4, -0.2) is 25.0 Å². The molecule has 0 bridgehead atoms. The number of hydrogen-bond donors (Lipinski definition) is 3. The molecule has 0 aromatic carbocycles. The molecule has 14 heavy (non-hydrogen) atoms. The van der Waals surface area contributed by atoms with Crippen LogP contribution in [0.5, 0.6) is 0 Å². The van der Waals surface area contributed by atoms with Crippen molar-refractivity contribution in [2.24, 2.45) is 11.5 Å². The molecular formula is C10H23N3O. The number of carbonyl (C=O) groups is 1. The molecule has 0 heterocycles. The largest absolute Gasteiger partial charge is 0.352 e. The molecule has 0 saturated carbocycles. The van der Waals surface area contributed by atoms with Crippen molar-refractivity contribution in [1.29, 1.82) is 0 Å². The third kappa shape index (κ3) is 6.86. The van der Waals surface area contributed by atoms with Crippen LogP contribution in [0.2, 0.25) is 0 Å². The van der Waals surface area contributed by atoms with Gasteiger partial charge in [0.1, 0.15) is 0 Å². The van der Waals surface area contributed by atoms with Crippen molar-refractivity contribution in [2.45, 2.75) is 45.1 Å². The summed E-state index contributed by atoms with van der Waals surface area (Å²) in [6, 6.07) is 0.139. The summed E-state index contributed by atoms with van der Waals surface area (Å²) in [5.41, 5.74) is 10.9. The highest BCUT2D eigenvalue weighted by Gasteiger charge is 2.08. The molecule has 5 N–H and O–H groups in total. The van der Waals surface area contributed by atoms with E-state index in [1.807, 2.05) is 0 Å². The van der Waals surface area contributed by atoms with E-state index >= 15 is 0 Å². The Bertz CT molecular complexity index is 150. The van der Waals surface area contributed by atoms with Gasteiger partial charge in [0.05, 0.1) is 0 Å². The molecule has 4 heteroatoms. The summed E-state index contributed by atoms with van der Waals surface area (Å²) in [4.78, 5) is 11.3. The molecular weight excluding hydrogens is 178 g/mol. The van der Waals surface area contributed by atoms with Crippen molar-refractivity contribution in [1.82, 2.24) is 5.32 Å². The van der Waals surface area contributed by atoms with E-state index in [1.165, 1.54) is 0 Å². The topological polar surface area (TPSA) is 81.1 Å². The van der Waals surface area contributed by atoms with Gasteiger partial charge < -0.3 is 16.8 Å². The summed E-state index contributed by atoms with van der Waals surface area (Å²) in [5, 5.41) is 2.92. The third-order valence-electron chi connectivity index (χ3n) is 2.16. The van der Waals surface area contributed by atoms with E-state index in [0.29, 0.717) is 19.5 Å². The quantitative estimate of drug-likeness (QED) is 0.530. The van der Waals surface area contributed by atoms with Gasteiger partial charge in [-0.05, 0) is 19.4 Å². The van der Waals surface area contributed by atoms with Crippen LogP contribution in [-0.2, 0) is 4.79 Å². The van der Waals surface area contributed by atoms with Gasteiger partial charge in [-0.25, -0.2) is 0 Å². The number of carbonyl (C=O) groups excluding carboxylic acids is 1. The van der Waals surface area contributed by atoms with E-state index < -0.39 is 0 Å². The van der Waals surface area contributed by atoms with Gasteiger partial charge in [0.15, 0.2) is 0 Å². The third-order valence-corrected chi connectivity index (χ3v) is 2.16. The first-order valence-corrected chi connectivity index (χ1v) is 5.44. The highest BCUT2D eigenvalue weighted by molar-refractivity contribution is 5.76. The summed E-state index contributed by atoms with van der Waals surface area (Å²) < 4.78 is 0. The van der Waals surface area contributed by atoms with Crippen molar-refractivity contribution >= 4 is 5.91 Å². The van der Waals surface area contributed by atoms with Gasteiger partial charge >= 0.3 is 0 Å². The van der Waals surface area contributed by atoms with Crippen LogP contribution in [0, 0.1) is 0 Å². The number of rotatable bonds is 8. The van der Waals surface area contributed by atoms with E-state index in [2.05, 4.69) is 12.2 Å². The average Bonchev–Trinajstić information content (AvgIpc) is 2.21. The Balaban J connectivity index is 3.62. The number of nitrogens with one attached hydrogen (secondary N) is 1. The Morgan fingerprint density at radius 2 is 2.07 bits per heavy atom. The first kappa shape index (κ1) is 13.4. The van der Waals surface area contributed by atoms with Gasteiger partial charge in [0, 0.05) is 19.0 Å². The summed E-state index contributed by atoms with van der Waals surface area (Å²) >= 11 is 0. The Morgan fingerprint density at radius 3 is 2.57 bits per heavy atom. The standard InChI is InChI=1S/C10H23N3O/c1-2-3-5-9(8-12)13-10(14)6-4-7-11/h9H,2-8,11-12H2,1H3,(H,13,14). The molecule has 0 aromatic heterocycles. The molecule has 0 saturated heterocycles. The zero-order chi connectivity index (χ0) is 10.8. The number of amides is 1. The summed E-state index contributed by atoms with van der Waals surface area (Å²) in [5.74, 6) is 0.0713. The molecule has 0 aliphatic rings. The molecule has 0 spiro atoms. The Hall–Kier alpha value is -0.610. The summed E-state index contributed by atoms with van der Waals surface area (Å²) in [6.45, 7) is 3.22. The van der Waals surface area contributed by atoms with E-state index in [0.717, 1.165) is 25.7 Å². The minimum absolute atomic E-state index is 0.0713. The average molecular weight is 201 g/mol. The molecule has 4 nitrogen and oxygen atoms in total. The number of nitrogens with two attached hydrogens (primary N) is 2. The van der Waals surface area contributed by atoms with Gasteiger partial charge in [-0.1, -0.05) is 19.8 Å². The molecule has 0 rings (SSSR count). The highest BCUT2D eigenvalue weighted by Crippen LogP contribution is 1.99. The molecule has 84 valence electrons. The predicted octanol–water partition coefficient (Wildman–Crippen LogP) is 0.359. The predicted molar refractivity (Wildman–Crippen MR) is 58.8 cm³/mol. The van der Waals surface area contributed by atoms with Crippen molar-refractivity contribution in [2.75, 3.05) is 13.1 Å². The second kappa shape index (κ2) is 8.97. The maximum absolute atomic E-state index is 11.3.